The van der Waals surface area contributed by atoms with E-state index in [1.807, 2.05) is 0 Å². The Labute approximate surface area is 153 Å². The van der Waals surface area contributed by atoms with Crippen LogP contribution in [0.25, 0.3) is 0 Å². The van der Waals surface area contributed by atoms with E-state index in [9.17, 15) is 4.79 Å². The summed E-state index contributed by atoms with van der Waals surface area (Å²) < 4.78 is 11.4. The maximum atomic E-state index is 12.8. The van der Waals surface area contributed by atoms with Crippen molar-refractivity contribution in [3.63, 3.8) is 0 Å². The smallest absolute Gasteiger partial charge is 0.228 e. The summed E-state index contributed by atoms with van der Waals surface area (Å²) in [5.41, 5.74) is -0.262. The molecule has 2 unspecified atom stereocenters. The largest absolute Gasteiger partial charge is 0.384 e. The van der Waals surface area contributed by atoms with Gasteiger partial charge in [0, 0.05) is 26.2 Å². The van der Waals surface area contributed by atoms with E-state index in [2.05, 4.69) is 31.4 Å². The van der Waals surface area contributed by atoms with Crippen LogP contribution in [0.4, 0.5) is 0 Å². The molecule has 24 heavy (non-hydrogen) atoms. The molecule has 0 aliphatic carbocycles. The molecule has 6 heteroatoms. The maximum absolute atomic E-state index is 12.8. The molecule has 2 saturated heterocycles. The average Bonchev–Trinajstić information content (AvgIpc) is 2.53. The van der Waals surface area contributed by atoms with Crippen molar-refractivity contribution in [3.05, 3.63) is 0 Å². The lowest BCUT2D eigenvalue weighted by Gasteiger charge is -2.41. The number of hydrogen-bond donors (Lipinski definition) is 2. The molecular weight excluding hydrogens is 328 g/mol. The van der Waals surface area contributed by atoms with E-state index >= 15 is 0 Å². The van der Waals surface area contributed by atoms with Crippen LogP contribution in [0.5, 0.6) is 0 Å². The van der Waals surface area contributed by atoms with Gasteiger partial charge in [0.05, 0.1) is 18.1 Å². The van der Waals surface area contributed by atoms with Gasteiger partial charge in [0.1, 0.15) is 0 Å². The van der Waals surface area contributed by atoms with E-state index in [4.69, 9.17) is 9.47 Å². The van der Waals surface area contributed by atoms with Gasteiger partial charge in [-0.05, 0) is 44.2 Å². The molecule has 2 atom stereocenters. The molecule has 142 valence electrons. The number of hydrogen-bond acceptors (Lipinski definition) is 4. The predicted molar refractivity (Wildman–Crippen MR) is 98.6 cm³/mol. The molecule has 2 rings (SSSR count). The van der Waals surface area contributed by atoms with Crippen molar-refractivity contribution < 1.29 is 14.3 Å². The number of carbonyl (C=O) groups excluding carboxylic acids is 1. The predicted octanol–water partition coefficient (Wildman–Crippen LogP) is 2.38. The second-order valence-electron chi connectivity index (χ2n) is 8.23. The molecule has 0 aromatic carbocycles. The van der Waals surface area contributed by atoms with Gasteiger partial charge in [-0.3, -0.25) is 4.79 Å². The number of halogens is 1. The highest BCUT2D eigenvalue weighted by atomic mass is 35.5. The van der Waals surface area contributed by atoms with Crippen molar-refractivity contribution in [3.8, 4) is 0 Å². The number of rotatable bonds is 5. The third kappa shape index (κ3) is 5.32. The minimum Gasteiger partial charge on any atom is -0.384 e. The van der Waals surface area contributed by atoms with Gasteiger partial charge in [-0.25, -0.2) is 0 Å². The first-order valence-electron chi connectivity index (χ1n) is 8.99. The Morgan fingerprint density at radius 3 is 2.58 bits per heavy atom. The van der Waals surface area contributed by atoms with Crippen molar-refractivity contribution in [1.29, 1.82) is 0 Å². The van der Waals surface area contributed by atoms with Crippen molar-refractivity contribution in [2.45, 2.75) is 52.6 Å². The zero-order valence-electron chi connectivity index (χ0n) is 15.7. The number of ether oxygens (including phenoxy) is 2. The molecule has 2 N–H and O–H groups in total. The molecule has 0 bridgehead atoms. The molecule has 0 spiro atoms. The molecule has 2 heterocycles. The first-order chi connectivity index (χ1) is 10.9. The fraction of sp³-hybridized carbons (Fsp3) is 0.944. The third-order valence-corrected chi connectivity index (χ3v) is 5.29. The Morgan fingerprint density at radius 2 is 2.00 bits per heavy atom. The van der Waals surface area contributed by atoms with E-state index in [1.165, 1.54) is 0 Å². The monoisotopic (exact) mass is 362 g/mol. The van der Waals surface area contributed by atoms with Crippen molar-refractivity contribution in [2.24, 2.45) is 16.7 Å². The summed E-state index contributed by atoms with van der Waals surface area (Å²) >= 11 is 0. The van der Waals surface area contributed by atoms with Crippen LogP contribution in [-0.2, 0) is 14.3 Å². The fourth-order valence-electron chi connectivity index (χ4n) is 4.04. The lowest BCUT2D eigenvalue weighted by molar-refractivity contribution is -0.137. The van der Waals surface area contributed by atoms with E-state index in [0.29, 0.717) is 19.1 Å². The summed E-state index contributed by atoms with van der Waals surface area (Å²) in [5.74, 6) is 0.549. The molecule has 2 aliphatic heterocycles. The van der Waals surface area contributed by atoms with Gasteiger partial charge < -0.3 is 20.1 Å². The molecule has 2 fully saturated rings. The second-order valence-corrected chi connectivity index (χ2v) is 8.23. The van der Waals surface area contributed by atoms with Crippen LogP contribution in [-0.4, -0.2) is 52.0 Å². The lowest BCUT2D eigenvalue weighted by atomic mass is 9.76. The summed E-state index contributed by atoms with van der Waals surface area (Å²) in [7, 11) is 1.68. The summed E-state index contributed by atoms with van der Waals surface area (Å²) in [6.45, 7) is 10.5. The minimum atomic E-state index is -0.368. The van der Waals surface area contributed by atoms with Gasteiger partial charge in [-0.1, -0.05) is 20.8 Å². The molecule has 5 nitrogen and oxygen atoms in total. The summed E-state index contributed by atoms with van der Waals surface area (Å²) in [5, 5.41) is 6.55. The van der Waals surface area contributed by atoms with Crippen LogP contribution in [0.15, 0.2) is 0 Å². The van der Waals surface area contributed by atoms with E-state index in [-0.39, 0.29) is 35.2 Å². The van der Waals surface area contributed by atoms with E-state index in [1.54, 1.807) is 7.11 Å². The SMILES string of the molecule is COCC1(C(=O)NCC2CCCOC2C(C)(C)C)CCNCC1.Cl. The van der Waals surface area contributed by atoms with Gasteiger partial charge in [0.2, 0.25) is 5.91 Å². The van der Waals surface area contributed by atoms with Crippen LogP contribution < -0.4 is 10.6 Å². The van der Waals surface area contributed by atoms with Crippen LogP contribution in [0.3, 0.4) is 0 Å². The Kier molecular flexibility index (Phi) is 8.46. The Balaban J connectivity index is 0.00000288. The van der Waals surface area contributed by atoms with Gasteiger partial charge >= 0.3 is 0 Å². The molecular formula is C18H35ClN2O3. The van der Waals surface area contributed by atoms with E-state index in [0.717, 1.165) is 45.4 Å². The Morgan fingerprint density at radius 1 is 1.33 bits per heavy atom. The number of nitrogens with one attached hydrogen (secondary N) is 2. The van der Waals surface area contributed by atoms with Gasteiger partial charge in [-0.15, -0.1) is 12.4 Å². The van der Waals surface area contributed by atoms with Crippen LogP contribution in [0.2, 0.25) is 0 Å². The molecule has 1 amide bonds. The van der Waals surface area contributed by atoms with Gasteiger partial charge in [0.15, 0.2) is 0 Å². The lowest BCUT2D eigenvalue weighted by Crippen LogP contribution is -2.52. The molecule has 0 aromatic heterocycles. The fourth-order valence-corrected chi connectivity index (χ4v) is 4.04. The summed E-state index contributed by atoms with van der Waals surface area (Å²) in [6.07, 6.45) is 4.11. The third-order valence-electron chi connectivity index (χ3n) is 5.29. The van der Waals surface area contributed by atoms with E-state index < -0.39 is 0 Å². The highest BCUT2D eigenvalue weighted by Gasteiger charge is 2.41. The molecule has 2 aliphatic rings. The maximum Gasteiger partial charge on any atom is 0.228 e. The summed E-state index contributed by atoms with van der Waals surface area (Å²) in [6, 6.07) is 0. The quantitative estimate of drug-likeness (QED) is 0.788. The first kappa shape index (κ1) is 21.7. The molecule has 0 aromatic rings. The normalized spacial score (nSPS) is 27.2. The number of methoxy groups -OCH3 is 1. The first-order valence-corrected chi connectivity index (χ1v) is 8.99. The second kappa shape index (κ2) is 9.37. The highest BCUT2D eigenvalue weighted by Crippen LogP contribution is 2.34. The zero-order chi connectivity index (χ0) is 16.9. The van der Waals surface area contributed by atoms with Crippen LogP contribution in [0.1, 0.15) is 46.5 Å². The topological polar surface area (TPSA) is 59.6 Å². The molecule has 0 radical (unpaired) electrons. The van der Waals surface area contributed by atoms with Gasteiger partial charge in [0.25, 0.3) is 0 Å². The number of amides is 1. The minimum absolute atomic E-state index is 0. The zero-order valence-corrected chi connectivity index (χ0v) is 16.5. The van der Waals surface area contributed by atoms with Crippen LogP contribution >= 0.6 is 12.4 Å². The average molecular weight is 363 g/mol. The standard InChI is InChI=1S/C18H34N2O3.ClH/c1-17(2,3)15-14(6-5-11-23-15)12-20-16(21)18(13-22-4)7-9-19-10-8-18;/h14-15,19H,5-13H2,1-4H3,(H,20,21);1H. The Bertz CT molecular complexity index is 387. The number of carbonyl (C=O) groups is 1. The summed E-state index contributed by atoms with van der Waals surface area (Å²) in [4.78, 5) is 12.8. The van der Waals surface area contributed by atoms with Gasteiger partial charge in [-0.2, -0.15) is 0 Å². The van der Waals surface area contributed by atoms with Crippen molar-refractivity contribution in [2.75, 3.05) is 40.0 Å². The van der Waals surface area contributed by atoms with Crippen molar-refractivity contribution in [1.82, 2.24) is 10.6 Å². The Hall–Kier alpha value is -0.360. The van der Waals surface area contributed by atoms with Crippen LogP contribution in [0, 0.1) is 16.7 Å². The number of piperidine rings is 1. The highest BCUT2D eigenvalue weighted by molar-refractivity contribution is 5.85. The molecule has 0 saturated carbocycles. The van der Waals surface area contributed by atoms with Crippen molar-refractivity contribution >= 4 is 18.3 Å².